The van der Waals surface area contributed by atoms with Crippen molar-refractivity contribution in [3.63, 3.8) is 0 Å². The summed E-state index contributed by atoms with van der Waals surface area (Å²) in [5.74, 6) is 0. The first kappa shape index (κ1) is 55.0. The lowest BCUT2D eigenvalue weighted by Gasteiger charge is -2.26. The number of hydrogen-bond acceptors (Lipinski definition) is 4. The fraction of sp³-hybridized carbons (Fsp3) is 0. The van der Waals surface area contributed by atoms with Gasteiger partial charge in [-0.2, -0.15) is 0 Å². The van der Waals surface area contributed by atoms with Crippen LogP contribution in [0, 0.1) is 0 Å². The molecular weight excluding hydrogens is 1120 g/mol. The van der Waals surface area contributed by atoms with Crippen molar-refractivity contribution < 1.29 is 0 Å². The minimum atomic E-state index is 0.946. The minimum absolute atomic E-state index is 0.946. The summed E-state index contributed by atoms with van der Waals surface area (Å²) < 4.78 is 4.73. The van der Waals surface area contributed by atoms with E-state index < -0.39 is 0 Å². The first-order valence-corrected chi connectivity index (χ1v) is 31.2. The van der Waals surface area contributed by atoms with E-state index in [1.165, 1.54) is 65.9 Å². The van der Waals surface area contributed by atoms with Gasteiger partial charge in [0.05, 0.1) is 33.1 Å². The van der Waals surface area contributed by atoms with Gasteiger partial charge < -0.3 is 18.9 Å². The molecule has 0 saturated carbocycles. The Morgan fingerprint density at radius 1 is 0.228 bits per heavy atom. The van der Waals surface area contributed by atoms with Crippen molar-refractivity contribution in [2.75, 3.05) is 9.80 Å². The third kappa shape index (κ3) is 10.4. The van der Waals surface area contributed by atoms with Crippen molar-refractivity contribution >= 4 is 112 Å². The molecule has 4 aromatic heterocycles. The van der Waals surface area contributed by atoms with Crippen LogP contribution in [0.5, 0.6) is 0 Å². The molecule has 0 aliphatic rings. The number of benzene rings is 13. The van der Waals surface area contributed by atoms with Crippen molar-refractivity contribution in [2.45, 2.75) is 0 Å². The van der Waals surface area contributed by atoms with E-state index in [1.54, 1.807) is 0 Å². The average Bonchev–Trinajstić information content (AvgIpc) is 1.45. The zero-order chi connectivity index (χ0) is 61.2. The fourth-order valence-corrected chi connectivity index (χ4v) is 13.2. The van der Waals surface area contributed by atoms with Crippen LogP contribution in [0.2, 0.25) is 0 Å². The van der Waals surface area contributed by atoms with E-state index in [0.717, 1.165) is 78.4 Å². The number of para-hydroxylation sites is 6. The summed E-state index contributed by atoms with van der Waals surface area (Å²) in [6.45, 7) is 0. The number of aromatic nitrogens is 4. The Labute approximate surface area is 534 Å². The Balaban J connectivity index is 0.000000215. The Kier molecular flexibility index (Phi) is 14.5. The second-order valence-corrected chi connectivity index (χ2v) is 22.9. The van der Waals surface area contributed by atoms with Crippen LogP contribution in [-0.2, 0) is 0 Å². The maximum Gasteiger partial charge on any atom is 0.0970 e. The van der Waals surface area contributed by atoms with Crippen LogP contribution >= 0.6 is 0 Å². The molecule has 434 valence electrons. The molecule has 17 aromatic rings. The highest BCUT2D eigenvalue weighted by molar-refractivity contribution is 6.13. The number of rotatable bonds is 12. The molecule has 6 nitrogen and oxygen atoms in total. The van der Waals surface area contributed by atoms with Gasteiger partial charge in [0.2, 0.25) is 0 Å². The first-order chi connectivity index (χ1) is 45.7. The van der Waals surface area contributed by atoms with Crippen LogP contribution in [0.15, 0.2) is 352 Å². The zero-order valence-corrected chi connectivity index (χ0v) is 50.3. The molecule has 13 aromatic carbocycles. The lowest BCUT2D eigenvalue weighted by molar-refractivity contribution is 1.17. The number of anilines is 6. The lowest BCUT2D eigenvalue weighted by atomic mass is 9.97. The zero-order valence-electron chi connectivity index (χ0n) is 50.3. The first-order valence-electron chi connectivity index (χ1n) is 31.2. The second kappa shape index (κ2) is 24.3. The minimum Gasteiger partial charge on any atom is -0.311 e. The lowest BCUT2D eigenvalue weighted by Crippen LogP contribution is -2.10. The quantitative estimate of drug-likeness (QED) is 0.0903. The van der Waals surface area contributed by atoms with Crippen molar-refractivity contribution in [3.8, 4) is 33.6 Å². The van der Waals surface area contributed by atoms with Crippen molar-refractivity contribution in [1.29, 1.82) is 0 Å². The summed E-state index contributed by atoms with van der Waals surface area (Å²) in [6, 6.07) is 121. The Bertz CT molecular complexity index is 5020. The van der Waals surface area contributed by atoms with Gasteiger partial charge in [0.1, 0.15) is 0 Å². The summed E-state index contributed by atoms with van der Waals surface area (Å²) in [5, 5.41) is 7.31. The second-order valence-electron chi connectivity index (χ2n) is 22.9. The van der Waals surface area contributed by atoms with Gasteiger partial charge in [0.25, 0.3) is 0 Å². The van der Waals surface area contributed by atoms with Gasteiger partial charge >= 0.3 is 0 Å². The summed E-state index contributed by atoms with van der Waals surface area (Å²) in [6.07, 6.45) is 8.13. The molecule has 0 N–H and O–H groups in total. The highest BCUT2D eigenvalue weighted by Gasteiger charge is 2.19. The standard InChI is InChI=1S/C62H44N4.C24H16N2/c1-3-15-47(16-4-1)63(51-37-41-53(42-38-51)65-59-23-11-7-19-55(59)56-20-8-12-24-60(56)65)49-33-29-45(30-34-49)27-28-46-31-35-50(36-32-46)64(48-17-5-2-6-18-48)52-39-43-54(44-40-52)66-61-25-13-9-21-57(61)58-22-10-14-26-62(58)66;1-3-7-17(8-4-1)19-13-15-25-23-21(19)11-12-22-20(14-16-26-24(22)23)18-9-5-2-6-10-18/h1-44H;1-16H/b28-27+;. The number of fused-ring (bicyclic) bond motifs is 9. The predicted molar refractivity (Wildman–Crippen MR) is 388 cm³/mol. The van der Waals surface area contributed by atoms with Gasteiger partial charge in [-0.15, -0.1) is 0 Å². The van der Waals surface area contributed by atoms with Crippen LogP contribution in [-0.4, -0.2) is 19.1 Å². The van der Waals surface area contributed by atoms with Gasteiger partial charge in [0.15, 0.2) is 0 Å². The van der Waals surface area contributed by atoms with Gasteiger partial charge in [0, 0.05) is 90.2 Å². The van der Waals surface area contributed by atoms with E-state index in [2.05, 4.69) is 369 Å². The molecule has 0 aliphatic carbocycles. The number of hydrogen-bond donors (Lipinski definition) is 0. The van der Waals surface area contributed by atoms with E-state index in [0.29, 0.717) is 0 Å². The summed E-state index contributed by atoms with van der Waals surface area (Å²) in [7, 11) is 0. The molecule has 6 heteroatoms. The van der Waals surface area contributed by atoms with Crippen molar-refractivity contribution in [2.24, 2.45) is 0 Å². The molecule has 0 radical (unpaired) electrons. The molecule has 0 unspecified atom stereocenters. The fourth-order valence-electron chi connectivity index (χ4n) is 13.2. The molecule has 4 heterocycles. The highest BCUT2D eigenvalue weighted by atomic mass is 15.1. The average molecular weight is 1180 g/mol. The number of nitrogens with zero attached hydrogens (tertiary/aromatic N) is 6. The molecule has 0 bridgehead atoms. The summed E-state index contributed by atoms with van der Waals surface area (Å²) in [5.41, 5.74) is 22.6. The molecule has 0 spiro atoms. The van der Waals surface area contributed by atoms with Gasteiger partial charge in [-0.3, -0.25) is 9.97 Å². The van der Waals surface area contributed by atoms with Crippen molar-refractivity contribution in [1.82, 2.24) is 19.1 Å². The van der Waals surface area contributed by atoms with Crippen LogP contribution in [0.25, 0.3) is 111 Å². The van der Waals surface area contributed by atoms with Gasteiger partial charge in [-0.1, -0.05) is 218 Å². The van der Waals surface area contributed by atoms with Gasteiger partial charge in [-0.25, -0.2) is 0 Å². The number of pyridine rings is 2. The SMILES string of the molecule is C(=C\c1ccc(N(c2ccccc2)c2ccc(-n3c4ccccc4c4ccccc43)cc2)cc1)/c1ccc(N(c2ccccc2)c2ccc(-n3c4ccccc4c4ccccc43)cc2)cc1.c1ccc(-c2ccnc3c2ccc2c(-c4ccccc4)ccnc23)cc1. The Hall–Kier alpha value is -12.4. The maximum absolute atomic E-state index is 4.67. The normalized spacial score (nSPS) is 11.4. The smallest absolute Gasteiger partial charge is 0.0970 e. The van der Waals surface area contributed by atoms with Crippen LogP contribution in [0.4, 0.5) is 34.1 Å². The van der Waals surface area contributed by atoms with E-state index in [9.17, 15) is 0 Å². The van der Waals surface area contributed by atoms with E-state index in [1.807, 2.05) is 24.5 Å². The largest absolute Gasteiger partial charge is 0.311 e. The molecule has 17 rings (SSSR count). The highest BCUT2D eigenvalue weighted by Crippen LogP contribution is 2.41. The third-order valence-electron chi connectivity index (χ3n) is 17.5. The van der Waals surface area contributed by atoms with Crippen LogP contribution in [0.3, 0.4) is 0 Å². The molecule has 92 heavy (non-hydrogen) atoms. The van der Waals surface area contributed by atoms with E-state index in [4.69, 9.17) is 0 Å². The topological polar surface area (TPSA) is 42.1 Å². The summed E-state index contributed by atoms with van der Waals surface area (Å²) in [4.78, 5) is 14.0. The molecule has 0 saturated heterocycles. The van der Waals surface area contributed by atoms with E-state index in [-0.39, 0.29) is 0 Å². The summed E-state index contributed by atoms with van der Waals surface area (Å²) >= 11 is 0. The molecule has 0 atom stereocenters. The Morgan fingerprint density at radius 2 is 0.500 bits per heavy atom. The predicted octanol–water partition coefficient (Wildman–Crippen LogP) is 23.1. The monoisotopic (exact) mass is 1180 g/mol. The maximum atomic E-state index is 4.67. The van der Waals surface area contributed by atoms with Gasteiger partial charge in [-0.05, 0) is 167 Å². The van der Waals surface area contributed by atoms with Crippen LogP contribution < -0.4 is 9.80 Å². The van der Waals surface area contributed by atoms with Crippen LogP contribution in [0.1, 0.15) is 11.1 Å². The third-order valence-corrected chi connectivity index (χ3v) is 17.5. The molecular formula is C86H60N6. The van der Waals surface area contributed by atoms with Crippen molar-refractivity contribution in [3.05, 3.63) is 363 Å². The molecule has 0 fully saturated rings. The Morgan fingerprint density at radius 3 is 0.826 bits per heavy atom. The van der Waals surface area contributed by atoms with E-state index >= 15 is 0 Å². The molecule has 0 aliphatic heterocycles. The molecule has 0 amide bonds.